The van der Waals surface area contributed by atoms with Crippen LogP contribution in [0.2, 0.25) is 0 Å². The molecule has 0 bridgehead atoms. The molecule has 30 heavy (non-hydrogen) atoms. The quantitative estimate of drug-likeness (QED) is 0.352. The predicted octanol–water partition coefficient (Wildman–Crippen LogP) is 5.64. The summed E-state index contributed by atoms with van der Waals surface area (Å²) in [6, 6.07) is 10.9. The fraction of sp³-hybridized carbons (Fsp3) is 0.423. The summed E-state index contributed by atoms with van der Waals surface area (Å²) >= 11 is 0. The second-order valence-corrected chi connectivity index (χ2v) is 9.61. The second kappa shape index (κ2) is 9.48. The summed E-state index contributed by atoms with van der Waals surface area (Å²) in [4.78, 5) is 12.6. The summed E-state index contributed by atoms with van der Waals surface area (Å²) in [5.41, 5.74) is 2.76. The third-order valence-electron chi connectivity index (χ3n) is 4.89. The number of allylic oxidation sites excluding steroid dienone is 1. The number of phenols is 1. The first kappa shape index (κ1) is 23.7. The number of carbonyl (C=O) groups is 1. The van der Waals surface area contributed by atoms with E-state index in [1.165, 1.54) is 0 Å². The van der Waals surface area contributed by atoms with Crippen LogP contribution in [-0.4, -0.2) is 29.2 Å². The van der Waals surface area contributed by atoms with Crippen LogP contribution in [-0.2, 0) is 10.8 Å². The number of aliphatic hydroxyl groups is 1. The number of benzene rings is 2. The summed E-state index contributed by atoms with van der Waals surface area (Å²) in [6.07, 6.45) is 3.94. The van der Waals surface area contributed by atoms with Gasteiger partial charge in [-0.2, -0.15) is 0 Å². The molecule has 0 aliphatic rings. The van der Waals surface area contributed by atoms with Crippen molar-refractivity contribution in [1.29, 1.82) is 0 Å². The van der Waals surface area contributed by atoms with E-state index in [0.29, 0.717) is 30.1 Å². The fourth-order valence-corrected chi connectivity index (χ4v) is 3.13. The van der Waals surface area contributed by atoms with Crippen molar-refractivity contribution in [3.8, 4) is 11.5 Å². The van der Waals surface area contributed by atoms with Gasteiger partial charge in [0.2, 0.25) is 0 Å². The third kappa shape index (κ3) is 6.20. The molecule has 2 aromatic carbocycles. The minimum absolute atomic E-state index is 0.0898. The zero-order valence-corrected chi connectivity index (χ0v) is 19.0. The van der Waals surface area contributed by atoms with Crippen molar-refractivity contribution >= 4 is 11.9 Å². The highest BCUT2D eigenvalue weighted by molar-refractivity contribution is 6.06. The molecule has 0 aliphatic carbocycles. The number of phenolic OH excluding ortho intramolecular Hbond substituents is 1. The largest absolute Gasteiger partial charge is 0.507 e. The Labute approximate surface area is 180 Å². The van der Waals surface area contributed by atoms with Gasteiger partial charge in [0, 0.05) is 29.7 Å². The predicted molar refractivity (Wildman–Crippen MR) is 123 cm³/mol. The average Bonchev–Trinajstić information content (AvgIpc) is 2.65. The molecule has 2 aromatic rings. The van der Waals surface area contributed by atoms with Crippen molar-refractivity contribution in [2.24, 2.45) is 0 Å². The van der Waals surface area contributed by atoms with E-state index in [1.807, 2.05) is 12.1 Å². The molecule has 0 atom stereocenters. The maximum Gasteiger partial charge on any atom is 0.185 e. The molecule has 0 fully saturated rings. The Hall–Kier alpha value is -2.59. The zero-order chi connectivity index (χ0) is 22.5. The monoisotopic (exact) mass is 410 g/mol. The number of ketones is 1. The smallest absolute Gasteiger partial charge is 0.185 e. The van der Waals surface area contributed by atoms with Gasteiger partial charge in [-0.3, -0.25) is 4.79 Å². The van der Waals surface area contributed by atoms with Crippen molar-refractivity contribution in [2.75, 3.05) is 13.2 Å². The van der Waals surface area contributed by atoms with Crippen LogP contribution in [0, 0.1) is 0 Å². The molecular formula is C26H34O4. The first-order chi connectivity index (χ1) is 13.9. The molecule has 4 nitrogen and oxygen atoms in total. The normalized spacial score (nSPS) is 12.4. The lowest BCUT2D eigenvalue weighted by atomic mass is 9.78. The molecule has 0 saturated heterocycles. The first-order valence-electron chi connectivity index (χ1n) is 10.4. The lowest BCUT2D eigenvalue weighted by molar-refractivity contribution is 0.104. The molecule has 0 radical (unpaired) electrons. The Morgan fingerprint density at radius 2 is 1.50 bits per heavy atom. The van der Waals surface area contributed by atoms with Crippen molar-refractivity contribution in [2.45, 2.75) is 58.8 Å². The van der Waals surface area contributed by atoms with Gasteiger partial charge in [0.25, 0.3) is 0 Å². The topological polar surface area (TPSA) is 66.8 Å². The van der Waals surface area contributed by atoms with E-state index in [4.69, 9.17) is 9.84 Å². The molecule has 0 aliphatic heterocycles. The van der Waals surface area contributed by atoms with Crippen LogP contribution in [0.1, 0.15) is 75.0 Å². The van der Waals surface area contributed by atoms with Crippen LogP contribution < -0.4 is 4.74 Å². The maximum absolute atomic E-state index is 12.6. The van der Waals surface area contributed by atoms with Gasteiger partial charge in [-0.05, 0) is 58.9 Å². The molecule has 0 amide bonds. The van der Waals surface area contributed by atoms with E-state index >= 15 is 0 Å². The average molecular weight is 411 g/mol. The molecule has 162 valence electrons. The van der Waals surface area contributed by atoms with Gasteiger partial charge >= 0.3 is 0 Å². The van der Waals surface area contributed by atoms with Gasteiger partial charge < -0.3 is 14.9 Å². The molecule has 0 unspecified atom stereocenters. The van der Waals surface area contributed by atoms with E-state index in [-0.39, 0.29) is 23.2 Å². The molecule has 2 rings (SSSR count). The first-order valence-corrected chi connectivity index (χ1v) is 10.4. The minimum atomic E-state index is -0.218. The molecular weight excluding hydrogens is 376 g/mol. The van der Waals surface area contributed by atoms with Crippen LogP contribution >= 0.6 is 0 Å². The molecule has 0 heterocycles. The fourth-order valence-electron chi connectivity index (χ4n) is 3.13. The van der Waals surface area contributed by atoms with E-state index in [9.17, 15) is 9.90 Å². The van der Waals surface area contributed by atoms with Crippen LogP contribution in [0.4, 0.5) is 0 Å². The molecule has 2 N–H and O–H groups in total. The van der Waals surface area contributed by atoms with E-state index < -0.39 is 0 Å². The Balaban J connectivity index is 2.27. The Morgan fingerprint density at radius 1 is 0.967 bits per heavy atom. The van der Waals surface area contributed by atoms with Gasteiger partial charge in [-0.1, -0.05) is 47.6 Å². The van der Waals surface area contributed by atoms with Crippen LogP contribution in [0.3, 0.4) is 0 Å². The highest BCUT2D eigenvalue weighted by Crippen LogP contribution is 2.40. The van der Waals surface area contributed by atoms with Crippen LogP contribution in [0.15, 0.2) is 42.5 Å². The number of ether oxygens (including phenoxy) is 1. The zero-order valence-electron chi connectivity index (χ0n) is 19.0. The van der Waals surface area contributed by atoms with Gasteiger partial charge in [0.05, 0.1) is 6.61 Å². The van der Waals surface area contributed by atoms with Gasteiger partial charge in [-0.25, -0.2) is 0 Å². The summed E-state index contributed by atoms with van der Waals surface area (Å²) in [5.74, 6) is 0.905. The standard InChI is InChI=1S/C26H34O4/c1-25(2,3)21-16-18(17-22(24(21)29)26(4,5)6)8-13-23(28)19-9-11-20(12-10-19)30-15-7-14-27/h8-13,16-17,27,29H,7,14-15H2,1-6H3/b13-8+. The van der Waals surface area contributed by atoms with Crippen molar-refractivity contribution < 1.29 is 19.7 Å². The number of rotatable bonds is 7. The third-order valence-corrected chi connectivity index (χ3v) is 4.89. The molecule has 4 heteroatoms. The summed E-state index contributed by atoms with van der Waals surface area (Å²) in [7, 11) is 0. The van der Waals surface area contributed by atoms with E-state index in [1.54, 1.807) is 36.4 Å². The summed E-state index contributed by atoms with van der Waals surface area (Å²) in [5, 5.41) is 19.6. The lowest BCUT2D eigenvalue weighted by Crippen LogP contribution is -2.17. The lowest BCUT2D eigenvalue weighted by Gasteiger charge is -2.27. The molecule has 0 saturated carbocycles. The van der Waals surface area contributed by atoms with Crippen LogP contribution in [0.5, 0.6) is 11.5 Å². The van der Waals surface area contributed by atoms with Crippen molar-refractivity contribution in [3.05, 3.63) is 64.7 Å². The number of aromatic hydroxyl groups is 1. The highest BCUT2D eigenvalue weighted by Gasteiger charge is 2.26. The van der Waals surface area contributed by atoms with Crippen LogP contribution in [0.25, 0.3) is 6.08 Å². The number of aliphatic hydroxyl groups excluding tert-OH is 1. The molecule has 0 spiro atoms. The summed E-state index contributed by atoms with van der Waals surface area (Å²) in [6.45, 7) is 12.9. The number of hydrogen-bond acceptors (Lipinski definition) is 4. The Bertz CT molecular complexity index is 859. The Kier molecular flexibility index (Phi) is 7.49. The number of hydrogen-bond donors (Lipinski definition) is 2. The number of carbonyl (C=O) groups excluding carboxylic acids is 1. The van der Waals surface area contributed by atoms with Gasteiger partial charge in [0.15, 0.2) is 5.78 Å². The Morgan fingerprint density at radius 3 is 1.97 bits per heavy atom. The minimum Gasteiger partial charge on any atom is -0.507 e. The van der Waals surface area contributed by atoms with Crippen molar-refractivity contribution in [3.63, 3.8) is 0 Å². The maximum atomic E-state index is 12.6. The SMILES string of the molecule is CC(C)(C)c1cc(/C=C/C(=O)c2ccc(OCCCO)cc2)cc(C(C)(C)C)c1O. The van der Waals surface area contributed by atoms with Gasteiger partial charge in [0.1, 0.15) is 11.5 Å². The van der Waals surface area contributed by atoms with E-state index in [0.717, 1.165) is 16.7 Å². The second-order valence-electron chi connectivity index (χ2n) is 9.61. The van der Waals surface area contributed by atoms with Crippen molar-refractivity contribution in [1.82, 2.24) is 0 Å². The van der Waals surface area contributed by atoms with E-state index in [2.05, 4.69) is 41.5 Å². The highest BCUT2D eigenvalue weighted by atomic mass is 16.5. The van der Waals surface area contributed by atoms with Gasteiger partial charge in [-0.15, -0.1) is 0 Å². The molecule has 0 aromatic heterocycles. The summed E-state index contributed by atoms with van der Waals surface area (Å²) < 4.78 is 5.50.